The monoisotopic (exact) mass is 556 g/mol. The summed E-state index contributed by atoms with van der Waals surface area (Å²) in [6.45, 7) is 4.28. The van der Waals surface area contributed by atoms with Gasteiger partial charge in [-0.25, -0.2) is 0 Å². The Morgan fingerprint density at radius 1 is 0.805 bits per heavy atom. The van der Waals surface area contributed by atoms with E-state index < -0.39 is 0 Å². The van der Waals surface area contributed by atoms with Crippen molar-refractivity contribution in [2.45, 2.75) is 33.1 Å². The van der Waals surface area contributed by atoms with Crippen LogP contribution in [-0.4, -0.2) is 38.0 Å². The number of benzene rings is 4. The second-order valence-electron chi connectivity index (χ2n) is 8.96. The van der Waals surface area contributed by atoms with Crippen LogP contribution in [0.3, 0.4) is 0 Å². The Labute approximate surface area is 240 Å². The molecule has 0 bridgehead atoms. The SMILES string of the molecule is CCCCOC(=O)CC.COc1cccc(Oc2ccccc2NC(=O)CNC(=O)c2cccc3ccccc23)c1. The predicted molar refractivity (Wildman–Crippen MR) is 161 cm³/mol. The number of hydrogen-bond acceptors (Lipinski definition) is 6. The maximum Gasteiger partial charge on any atom is 0.305 e. The Kier molecular flexibility index (Phi) is 12.2. The van der Waals surface area contributed by atoms with Gasteiger partial charge in [0, 0.05) is 18.1 Å². The summed E-state index contributed by atoms with van der Waals surface area (Å²) in [5.41, 5.74) is 1.03. The van der Waals surface area contributed by atoms with E-state index in [1.807, 2.05) is 54.6 Å². The molecule has 0 heterocycles. The fraction of sp³-hybridized carbons (Fsp3) is 0.242. The van der Waals surface area contributed by atoms with E-state index in [2.05, 4.69) is 17.6 Å². The van der Waals surface area contributed by atoms with Gasteiger partial charge in [-0.1, -0.05) is 74.9 Å². The molecule has 4 aromatic rings. The molecule has 2 amide bonds. The third-order valence-electron chi connectivity index (χ3n) is 5.92. The highest BCUT2D eigenvalue weighted by molar-refractivity contribution is 6.08. The van der Waals surface area contributed by atoms with Crippen LogP contribution in [0.1, 0.15) is 43.5 Å². The summed E-state index contributed by atoms with van der Waals surface area (Å²) < 4.78 is 15.9. The first-order valence-electron chi connectivity index (χ1n) is 13.6. The van der Waals surface area contributed by atoms with Crippen molar-refractivity contribution in [2.75, 3.05) is 25.6 Å². The molecule has 4 aromatic carbocycles. The summed E-state index contributed by atoms with van der Waals surface area (Å²) in [5, 5.41) is 7.28. The van der Waals surface area contributed by atoms with Crippen molar-refractivity contribution in [1.29, 1.82) is 0 Å². The zero-order valence-corrected chi connectivity index (χ0v) is 23.6. The lowest BCUT2D eigenvalue weighted by Crippen LogP contribution is -2.33. The normalized spacial score (nSPS) is 10.1. The molecule has 41 heavy (non-hydrogen) atoms. The predicted octanol–water partition coefficient (Wildman–Crippen LogP) is 6.75. The third-order valence-corrected chi connectivity index (χ3v) is 5.92. The van der Waals surface area contributed by atoms with E-state index in [1.54, 1.807) is 50.4 Å². The first-order chi connectivity index (χ1) is 19.9. The van der Waals surface area contributed by atoms with Gasteiger partial charge in [-0.05, 0) is 47.5 Å². The second-order valence-corrected chi connectivity index (χ2v) is 8.96. The minimum Gasteiger partial charge on any atom is -0.497 e. The fourth-order valence-electron chi connectivity index (χ4n) is 3.76. The average molecular weight is 557 g/mol. The molecule has 0 aromatic heterocycles. The van der Waals surface area contributed by atoms with Crippen LogP contribution in [0.5, 0.6) is 17.2 Å². The lowest BCUT2D eigenvalue weighted by atomic mass is 10.0. The van der Waals surface area contributed by atoms with Crippen molar-refractivity contribution in [1.82, 2.24) is 5.32 Å². The lowest BCUT2D eigenvalue weighted by molar-refractivity contribution is -0.143. The Hall–Kier alpha value is -4.85. The Balaban J connectivity index is 0.000000445. The number of esters is 1. The van der Waals surface area contributed by atoms with Gasteiger partial charge < -0.3 is 24.8 Å². The Morgan fingerprint density at radius 2 is 1.51 bits per heavy atom. The van der Waals surface area contributed by atoms with Crippen molar-refractivity contribution in [2.24, 2.45) is 0 Å². The number of rotatable bonds is 11. The van der Waals surface area contributed by atoms with Crippen LogP contribution in [0, 0.1) is 0 Å². The van der Waals surface area contributed by atoms with Crippen molar-refractivity contribution < 1.29 is 28.6 Å². The van der Waals surface area contributed by atoms with Crippen molar-refractivity contribution in [3.05, 3.63) is 96.6 Å². The average Bonchev–Trinajstić information content (AvgIpc) is 3.01. The van der Waals surface area contributed by atoms with Gasteiger partial charge in [-0.15, -0.1) is 0 Å². The summed E-state index contributed by atoms with van der Waals surface area (Å²) in [4.78, 5) is 35.6. The molecule has 0 spiro atoms. The van der Waals surface area contributed by atoms with Crippen molar-refractivity contribution in [3.8, 4) is 17.2 Å². The molecule has 0 atom stereocenters. The van der Waals surface area contributed by atoms with E-state index in [0.29, 0.717) is 41.5 Å². The van der Waals surface area contributed by atoms with Crippen LogP contribution in [0.25, 0.3) is 10.8 Å². The number of methoxy groups -OCH3 is 1. The number of carbonyl (C=O) groups is 3. The molecule has 2 N–H and O–H groups in total. The Bertz CT molecular complexity index is 1450. The summed E-state index contributed by atoms with van der Waals surface area (Å²) in [7, 11) is 1.58. The van der Waals surface area contributed by atoms with Crippen LogP contribution >= 0.6 is 0 Å². The van der Waals surface area contributed by atoms with Gasteiger partial charge in [0.25, 0.3) is 5.91 Å². The number of hydrogen-bond donors (Lipinski definition) is 2. The van der Waals surface area contributed by atoms with Crippen molar-refractivity contribution >= 4 is 34.2 Å². The number of unbranched alkanes of at least 4 members (excludes halogenated alkanes) is 1. The van der Waals surface area contributed by atoms with Gasteiger partial charge in [0.1, 0.15) is 11.5 Å². The number of nitrogens with one attached hydrogen (secondary N) is 2. The van der Waals surface area contributed by atoms with E-state index in [4.69, 9.17) is 14.2 Å². The first kappa shape index (κ1) is 30.7. The van der Waals surface area contributed by atoms with Crippen LogP contribution in [0.4, 0.5) is 5.69 Å². The summed E-state index contributed by atoms with van der Waals surface area (Å²) in [5.74, 6) is 0.964. The van der Waals surface area contributed by atoms with Crippen LogP contribution in [0.15, 0.2) is 91.0 Å². The largest absolute Gasteiger partial charge is 0.497 e. The minimum atomic E-state index is -0.361. The highest BCUT2D eigenvalue weighted by Crippen LogP contribution is 2.31. The van der Waals surface area contributed by atoms with E-state index in [1.165, 1.54) is 0 Å². The topological polar surface area (TPSA) is 103 Å². The minimum absolute atomic E-state index is 0.0940. The molecular weight excluding hydrogens is 520 g/mol. The lowest BCUT2D eigenvalue weighted by Gasteiger charge is -2.13. The molecule has 0 radical (unpaired) electrons. The number of para-hydroxylation sites is 2. The smallest absolute Gasteiger partial charge is 0.305 e. The summed E-state index contributed by atoms with van der Waals surface area (Å²) in [6.07, 6.45) is 2.55. The van der Waals surface area contributed by atoms with Gasteiger partial charge in [0.2, 0.25) is 5.91 Å². The van der Waals surface area contributed by atoms with Crippen molar-refractivity contribution in [3.63, 3.8) is 0 Å². The zero-order valence-electron chi connectivity index (χ0n) is 23.6. The molecule has 0 saturated carbocycles. The van der Waals surface area contributed by atoms with Gasteiger partial charge >= 0.3 is 5.97 Å². The highest BCUT2D eigenvalue weighted by atomic mass is 16.5. The molecule has 0 aliphatic carbocycles. The van der Waals surface area contributed by atoms with Gasteiger partial charge in [0.15, 0.2) is 5.75 Å². The van der Waals surface area contributed by atoms with Gasteiger partial charge in [0.05, 0.1) is 25.9 Å². The fourth-order valence-corrected chi connectivity index (χ4v) is 3.76. The number of ether oxygens (including phenoxy) is 3. The van der Waals surface area contributed by atoms with Gasteiger partial charge in [-0.3, -0.25) is 14.4 Å². The molecule has 0 unspecified atom stereocenters. The first-order valence-corrected chi connectivity index (χ1v) is 13.6. The third kappa shape index (κ3) is 9.69. The highest BCUT2D eigenvalue weighted by Gasteiger charge is 2.13. The molecule has 0 fully saturated rings. The second kappa shape index (κ2) is 16.3. The zero-order chi connectivity index (χ0) is 29.5. The van der Waals surface area contributed by atoms with Gasteiger partial charge in [-0.2, -0.15) is 0 Å². The maximum atomic E-state index is 12.7. The van der Waals surface area contributed by atoms with Crippen LogP contribution < -0.4 is 20.1 Å². The number of amides is 2. The van der Waals surface area contributed by atoms with Crippen LogP contribution in [-0.2, 0) is 14.3 Å². The molecular formula is C33H36N2O6. The molecule has 8 heteroatoms. The van der Waals surface area contributed by atoms with E-state index in [-0.39, 0.29) is 24.3 Å². The number of anilines is 1. The number of carbonyl (C=O) groups excluding carboxylic acids is 3. The quantitative estimate of drug-likeness (QED) is 0.157. The molecule has 0 aliphatic rings. The summed E-state index contributed by atoms with van der Waals surface area (Å²) >= 11 is 0. The molecule has 4 rings (SSSR count). The molecule has 214 valence electrons. The van der Waals surface area contributed by atoms with E-state index in [0.717, 1.165) is 23.6 Å². The summed E-state index contributed by atoms with van der Waals surface area (Å²) in [6, 6.07) is 27.4. The maximum absolute atomic E-state index is 12.7. The van der Waals surface area contributed by atoms with Crippen LogP contribution in [0.2, 0.25) is 0 Å². The molecule has 8 nitrogen and oxygen atoms in total. The van der Waals surface area contributed by atoms with E-state index >= 15 is 0 Å². The number of fused-ring (bicyclic) bond motifs is 1. The molecule has 0 saturated heterocycles. The van der Waals surface area contributed by atoms with E-state index in [9.17, 15) is 14.4 Å². The standard InChI is InChI=1S/C26H22N2O4.C7H14O2/c1-31-19-10-7-11-20(16-19)32-24-15-5-4-14-23(24)28-25(29)17-27-26(30)22-13-6-9-18-8-2-3-12-21(18)22;1-3-5-6-9-7(8)4-2/h2-16H,17H2,1H3,(H,27,30)(H,28,29);3-6H2,1-2H3. The Morgan fingerprint density at radius 3 is 2.29 bits per heavy atom. The molecule has 0 aliphatic heterocycles.